The molecule has 1 aliphatic heterocycles. The van der Waals surface area contributed by atoms with Crippen LogP contribution in [0, 0.1) is 5.82 Å². The van der Waals surface area contributed by atoms with Gasteiger partial charge in [0, 0.05) is 24.8 Å². The standard InChI is InChI=1S/C20H15FN6O2/c21-14-6-4-12(5-7-14)16-9-17(25-24-16)20(28)27-10-13(11-27)19-23-18(26-29-19)15-3-1-2-8-22-15/h1-9,13H,10-11H2,(H,24,25). The molecular weight excluding hydrogens is 375 g/mol. The van der Waals surface area contributed by atoms with Crippen LogP contribution in [0.3, 0.4) is 0 Å². The zero-order valence-electron chi connectivity index (χ0n) is 15.1. The van der Waals surface area contributed by atoms with Gasteiger partial charge in [-0.2, -0.15) is 10.1 Å². The SMILES string of the molecule is O=C(c1cc(-c2ccc(F)cc2)n[nH]1)N1CC(c2nc(-c3ccccn3)no2)C1. The molecule has 0 unspecified atom stereocenters. The Hall–Kier alpha value is -3.88. The summed E-state index contributed by atoms with van der Waals surface area (Å²) in [5.74, 6) is 0.434. The predicted octanol–water partition coefficient (Wildman–Crippen LogP) is 2.90. The smallest absolute Gasteiger partial charge is 0.271 e. The van der Waals surface area contributed by atoms with Crippen molar-refractivity contribution in [3.63, 3.8) is 0 Å². The van der Waals surface area contributed by atoms with Gasteiger partial charge in [0.1, 0.15) is 17.2 Å². The van der Waals surface area contributed by atoms with Gasteiger partial charge >= 0.3 is 0 Å². The molecule has 9 heteroatoms. The van der Waals surface area contributed by atoms with Crippen molar-refractivity contribution in [2.24, 2.45) is 0 Å². The van der Waals surface area contributed by atoms with E-state index in [1.165, 1.54) is 12.1 Å². The zero-order valence-corrected chi connectivity index (χ0v) is 15.1. The first kappa shape index (κ1) is 17.2. The quantitative estimate of drug-likeness (QED) is 0.575. The van der Waals surface area contributed by atoms with Gasteiger partial charge in [-0.25, -0.2) is 4.39 Å². The number of carbonyl (C=O) groups excluding carboxylic acids is 1. The summed E-state index contributed by atoms with van der Waals surface area (Å²) >= 11 is 0. The van der Waals surface area contributed by atoms with E-state index < -0.39 is 0 Å². The Morgan fingerprint density at radius 3 is 2.72 bits per heavy atom. The number of hydrogen-bond acceptors (Lipinski definition) is 6. The number of pyridine rings is 1. The number of rotatable bonds is 4. The second kappa shape index (κ2) is 6.93. The molecule has 4 heterocycles. The van der Waals surface area contributed by atoms with Crippen LogP contribution in [0.5, 0.6) is 0 Å². The number of nitrogens with one attached hydrogen (secondary N) is 1. The Morgan fingerprint density at radius 1 is 1.14 bits per heavy atom. The highest BCUT2D eigenvalue weighted by molar-refractivity contribution is 5.94. The predicted molar refractivity (Wildman–Crippen MR) is 100 cm³/mol. The van der Waals surface area contributed by atoms with E-state index in [0.29, 0.717) is 41.9 Å². The van der Waals surface area contributed by atoms with Crippen LogP contribution in [0.4, 0.5) is 4.39 Å². The summed E-state index contributed by atoms with van der Waals surface area (Å²) in [6.07, 6.45) is 1.67. The molecule has 8 nitrogen and oxygen atoms in total. The first-order valence-corrected chi connectivity index (χ1v) is 9.03. The summed E-state index contributed by atoms with van der Waals surface area (Å²) in [5.41, 5.74) is 2.33. The molecule has 1 fully saturated rings. The van der Waals surface area contributed by atoms with Crippen molar-refractivity contribution in [2.75, 3.05) is 13.1 Å². The van der Waals surface area contributed by atoms with Crippen molar-refractivity contribution in [3.8, 4) is 22.8 Å². The first-order valence-electron chi connectivity index (χ1n) is 9.03. The van der Waals surface area contributed by atoms with Crippen molar-refractivity contribution in [3.05, 3.63) is 72.1 Å². The lowest BCUT2D eigenvalue weighted by Crippen LogP contribution is -2.48. The highest BCUT2D eigenvalue weighted by Gasteiger charge is 2.36. The number of carbonyl (C=O) groups is 1. The van der Waals surface area contributed by atoms with Crippen LogP contribution in [0.15, 0.2) is 59.3 Å². The highest BCUT2D eigenvalue weighted by Crippen LogP contribution is 2.29. The zero-order chi connectivity index (χ0) is 19.8. The lowest BCUT2D eigenvalue weighted by molar-refractivity contribution is 0.0563. The Bertz CT molecular complexity index is 1150. The molecule has 0 atom stereocenters. The van der Waals surface area contributed by atoms with Crippen molar-refractivity contribution >= 4 is 5.91 Å². The lowest BCUT2D eigenvalue weighted by atomic mass is 9.99. The Morgan fingerprint density at radius 2 is 1.97 bits per heavy atom. The summed E-state index contributed by atoms with van der Waals surface area (Å²) in [5, 5.41) is 10.9. The van der Waals surface area contributed by atoms with Crippen molar-refractivity contribution in [2.45, 2.75) is 5.92 Å². The molecule has 29 heavy (non-hydrogen) atoms. The molecular formula is C20H15FN6O2. The largest absolute Gasteiger partial charge is 0.338 e. The second-order valence-electron chi connectivity index (χ2n) is 6.75. The van der Waals surface area contributed by atoms with Gasteiger partial charge in [0.2, 0.25) is 11.7 Å². The van der Waals surface area contributed by atoms with E-state index in [9.17, 15) is 9.18 Å². The number of halogens is 1. The summed E-state index contributed by atoms with van der Waals surface area (Å²) in [4.78, 5) is 22.9. The van der Waals surface area contributed by atoms with E-state index in [1.54, 1.807) is 29.3 Å². The van der Waals surface area contributed by atoms with Gasteiger partial charge < -0.3 is 9.42 Å². The van der Waals surface area contributed by atoms with E-state index in [0.717, 1.165) is 5.56 Å². The molecule has 0 saturated carbocycles. The van der Waals surface area contributed by atoms with Crippen LogP contribution >= 0.6 is 0 Å². The van der Waals surface area contributed by atoms with E-state index in [2.05, 4.69) is 25.3 Å². The number of H-pyrrole nitrogens is 1. The van der Waals surface area contributed by atoms with Gasteiger partial charge in [0.05, 0.1) is 11.6 Å². The number of benzene rings is 1. The number of aromatic nitrogens is 5. The maximum atomic E-state index is 13.1. The molecule has 0 spiro atoms. The fourth-order valence-corrected chi connectivity index (χ4v) is 3.17. The molecule has 1 N–H and O–H groups in total. The summed E-state index contributed by atoms with van der Waals surface area (Å²) in [6.45, 7) is 0.959. The third-order valence-corrected chi connectivity index (χ3v) is 4.80. The number of aromatic amines is 1. The number of amides is 1. The molecule has 4 aromatic rings. The topological polar surface area (TPSA) is 101 Å². The van der Waals surface area contributed by atoms with E-state index in [1.807, 2.05) is 18.2 Å². The maximum absolute atomic E-state index is 13.1. The summed E-state index contributed by atoms with van der Waals surface area (Å²) < 4.78 is 18.4. The minimum Gasteiger partial charge on any atom is -0.338 e. The number of nitrogens with zero attached hydrogens (tertiary/aromatic N) is 5. The van der Waals surface area contributed by atoms with Crippen LogP contribution in [0.2, 0.25) is 0 Å². The lowest BCUT2D eigenvalue weighted by Gasteiger charge is -2.36. The molecule has 1 aliphatic rings. The highest BCUT2D eigenvalue weighted by atomic mass is 19.1. The Balaban J connectivity index is 1.24. The van der Waals surface area contributed by atoms with Crippen LogP contribution in [0.25, 0.3) is 22.8 Å². The van der Waals surface area contributed by atoms with Gasteiger partial charge in [0.25, 0.3) is 5.91 Å². The van der Waals surface area contributed by atoms with Crippen LogP contribution in [-0.4, -0.2) is 49.2 Å². The fraction of sp³-hybridized carbons (Fsp3) is 0.150. The minimum absolute atomic E-state index is 0.0107. The van der Waals surface area contributed by atoms with Gasteiger partial charge in [-0.05, 0) is 42.5 Å². The van der Waals surface area contributed by atoms with Crippen LogP contribution in [0.1, 0.15) is 22.3 Å². The van der Waals surface area contributed by atoms with Gasteiger partial charge in [-0.3, -0.25) is 14.9 Å². The average Bonchev–Trinajstić information content (AvgIpc) is 3.38. The van der Waals surface area contributed by atoms with Crippen LogP contribution < -0.4 is 0 Å². The second-order valence-corrected chi connectivity index (χ2v) is 6.75. The van der Waals surface area contributed by atoms with Gasteiger partial charge in [0.15, 0.2) is 0 Å². The number of likely N-dealkylation sites (tertiary alicyclic amines) is 1. The van der Waals surface area contributed by atoms with Gasteiger partial charge in [-0.1, -0.05) is 11.2 Å². The molecule has 0 bridgehead atoms. The first-order chi connectivity index (χ1) is 14.2. The van der Waals surface area contributed by atoms with Gasteiger partial charge in [-0.15, -0.1) is 0 Å². The van der Waals surface area contributed by atoms with E-state index >= 15 is 0 Å². The van der Waals surface area contributed by atoms with Crippen molar-refractivity contribution < 1.29 is 13.7 Å². The Labute approximate surface area is 164 Å². The molecule has 0 radical (unpaired) electrons. The van der Waals surface area contributed by atoms with Crippen molar-refractivity contribution in [1.82, 2.24) is 30.2 Å². The maximum Gasteiger partial charge on any atom is 0.271 e. The monoisotopic (exact) mass is 390 g/mol. The molecule has 1 saturated heterocycles. The molecule has 0 aliphatic carbocycles. The fourth-order valence-electron chi connectivity index (χ4n) is 3.17. The van der Waals surface area contributed by atoms with Crippen LogP contribution in [-0.2, 0) is 0 Å². The molecule has 1 aromatic carbocycles. The Kier molecular flexibility index (Phi) is 4.12. The summed E-state index contributed by atoms with van der Waals surface area (Å²) in [7, 11) is 0. The van der Waals surface area contributed by atoms with E-state index in [-0.39, 0.29) is 17.6 Å². The van der Waals surface area contributed by atoms with E-state index in [4.69, 9.17) is 4.52 Å². The third-order valence-electron chi connectivity index (χ3n) is 4.80. The average molecular weight is 390 g/mol. The molecule has 1 amide bonds. The third kappa shape index (κ3) is 3.27. The molecule has 144 valence electrons. The minimum atomic E-state index is -0.320. The van der Waals surface area contributed by atoms with Crippen molar-refractivity contribution in [1.29, 1.82) is 0 Å². The normalized spacial score (nSPS) is 14.0. The molecule has 5 rings (SSSR count). The summed E-state index contributed by atoms with van der Waals surface area (Å²) in [6, 6.07) is 13.1. The molecule has 3 aromatic heterocycles. The number of hydrogen-bond donors (Lipinski definition) is 1.